The normalized spacial score (nSPS) is 15.4. The van der Waals surface area contributed by atoms with E-state index in [1.807, 2.05) is 24.3 Å². The number of benzene rings is 2. The van der Waals surface area contributed by atoms with Crippen LogP contribution in [0.1, 0.15) is 35.7 Å². The molecule has 1 saturated heterocycles. The van der Waals surface area contributed by atoms with Gasteiger partial charge in [-0.1, -0.05) is 19.1 Å². The summed E-state index contributed by atoms with van der Waals surface area (Å²) in [6, 6.07) is 12.3. The molecule has 0 unspecified atom stereocenters. The molecule has 0 radical (unpaired) electrons. The Morgan fingerprint density at radius 3 is 2.50 bits per heavy atom. The molecule has 1 fully saturated rings. The van der Waals surface area contributed by atoms with Crippen LogP contribution < -0.4 is 5.32 Å². The van der Waals surface area contributed by atoms with Crippen LogP contribution in [0, 0.1) is 16.0 Å². The lowest BCUT2D eigenvalue weighted by Crippen LogP contribution is -2.32. The molecular weight excluding hydrogens is 374 g/mol. The Kier molecular flexibility index (Phi) is 6.70. The highest BCUT2D eigenvalue weighted by Gasteiger charge is 2.18. The first-order chi connectivity index (χ1) is 13.5. The average molecular weight is 400 g/mol. The quantitative estimate of drug-likeness (QED) is 0.429. The van der Waals surface area contributed by atoms with Crippen LogP contribution in [0.15, 0.2) is 47.4 Å². The van der Waals surface area contributed by atoms with Gasteiger partial charge in [-0.25, -0.2) is 0 Å². The number of anilines is 1. The number of hydrogen-bond donors (Lipinski definition) is 1. The predicted molar refractivity (Wildman–Crippen MR) is 113 cm³/mol. The van der Waals surface area contributed by atoms with Crippen molar-refractivity contribution in [1.82, 2.24) is 4.90 Å². The number of nitro benzene ring substituents is 1. The summed E-state index contributed by atoms with van der Waals surface area (Å²) in [6.07, 6.45) is 4.26. The molecule has 28 heavy (non-hydrogen) atoms. The van der Waals surface area contributed by atoms with E-state index in [1.165, 1.54) is 36.2 Å². The summed E-state index contributed by atoms with van der Waals surface area (Å²) in [5, 5.41) is 14.0. The molecule has 148 valence electrons. The predicted octanol–water partition coefficient (Wildman–Crippen LogP) is 4.80. The first-order valence-electron chi connectivity index (χ1n) is 9.41. The topological polar surface area (TPSA) is 75.5 Å². The molecule has 1 N–H and O–H groups in total. The van der Waals surface area contributed by atoms with Crippen molar-refractivity contribution in [1.29, 1.82) is 0 Å². The van der Waals surface area contributed by atoms with E-state index >= 15 is 0 Å². The third-order valence-electron chi connectivity index (χ3n) is 5.13. The molecule has 6 nitrogen and oxygen atoms in total. The van der Waals surface area contributed by atoms with Gasteiger partial charge in [-0.2, -0.15) is 0 Å². The van der Waals surface area contributed by atoms with E-state index in [1.54, 1.807) is 18.4 Å². The Morgan fingerprint density at radius 2 is 1.89 bits per heavy atom. The number of piperidine rings is 1. The van der Waals surface area contributed by atoms with Gasteiger partial charge in [0.05, 0.1) is 9.82 Å². The second kappa shape index (κ2) is 9.21. The number of nitrogens with one attached hydrogen (secondary N) is 1. The number of nitrogens with zero attached hydrogens (tertiary/aromatic N) is 2. The maximum absolute atomic E-state index is 12.5. The van der Waals surface area contributed by atoms with Crippen molar-refractivity contribution in [2.24, 2.45) is 5.92 Å². The van der Waals surface area contributed by atoms with Crippen LogP contribution in [0.2, 0.25) is 0 Å². The molecule has 0 aromatic heterocycles. The Labute approximate surface area is 169 Å². The van der Waals surface area contributed by atoms with Crippen LogP contribution in [0.25, 0.3) is 0 Å². The number of thioether (sulfide) groups is 1. The fraction of sp³-hybridized carbons (Fsp3) is 0.381. The van der Waals surface area contributed by atoms with E-state index in [9.17, 15) is 14.9 Å². The molecule has 2 aromatic rings. The minimum atomic E-state index is -0.460. The Hall–Kier alpha value is -2.38. The zero-order chi connectivity index (χ0) is 20.1. The molecular formula is C21H25N3O3S. The van der Waals surface area contributed by atoms with Crippen LogP contribution in [-0.4, -0.2) is 35.1 Å². The van der Waals surface area contributed by atoms with Gasteiger partial charge < -0.3 is 5.32 Å². The molecule has 7 heteroatoms. The Bertz CT molecular complexity index is 846. The summed E-state index contributed by atoms with van der Waals surface area (Å²) >= 11 is 1.29. The molecule has 1 aliphatic rings. The lowest BCUT2D eigenvalue weighted by Gasteiger charge is -2.30. The van der Waals surface area contributed by atoms with Crippen molar-refractivity contribution in [2.45, 2.75) is 31.2 Å². The third kappa shape index (κ3) is 5.11. The summed E-state index contributed by atoms with van der Waals surface area (Å²) in [7, 11) is 0. The largest absolute Gasteiger partial charge is 0.322 e. The van der Waals surface area contributed by atoms with E-state index < -0.39 is 4.92 Å². The van der Waals surface area contributed by atoms with Gasteiger partial charge in [0, 0.05) is 23.9 Å². The molecule has 0 saturated carbocycles. The number of hydrogen-bond acceptors (Lipinski definition) is 5. The molecule has 0 bridgehead atoms. The summed E-state index contributed by atoms with van der Waals surface area (Å²) in [6.45, 7) is 5.48. The van der Waals surface area contributed by atoms with Crippen LogP contribution in [0.5, 0.6) is 0 Å². The number of likely N-dealkylation sites (tertiary alicyclic amines) is 1. The van der Waals surface area contributed by atoms with Crippen LogP contribution >= 0.6 is 11.8 Å². The summed E-state index contributed by atoms with van der Waals surface area (Å²) in [5.74, 6) is 0.461. The van der Waals surface area contributed by atoms with Gasteiger partial charge in [-0.15, -0.1) is 11.8 Å². The second-order valence-electron chi connectivity index (χ2n) is 7.25. The molecule has 1 amide bonds. The zero-order valence-electron chi connectivity index (χ0n) is 16.2. The monoisotopic (exact) mass is 399 g/mol. The van der Waals surface area contributed by atoms with Gasteiger partial charge in [0.1, 0.15) is 0 Å². The lowest BCUT2D eigenvalue weighted by atomic mass is 9.99. The van der Waals surface area contributed by atoms with E-state index in [0.29, 0.717) is 10.6 Å². The number of carbonyl (C=O) groups excluding carboxylic acids is 1. The first kappa shape index (κ1) is 20.4. The van der Waals surface area contributed by atoms with Gasteiger partial charge in [0.15, 0.2) is 0 Å². The fourth-order valence-electron chi connectivity index (χ4n) is 3.35. The smallest absolute Gasteiger partial charge is 0.283 e. The van der Waals surface area contributed by atoms with Crippen molar-refractivity contribution in [3.8, 4) is 0 Å². The summed E-state index contributed by atoms with van der Waals surface area (Å²) in [4.78, 5) is 26.2. The highest BCUT2D eigenvalue weighted by Crippen LogP contribution is 2.28. The van der Waals surface area contributed by atoms with Gasteiger partial charge >= 0.3 is 0 Å². The van der Waals surface area contributed by atoms with Gasteiger partial charge in [0.25, 0.3) is 11.6 Å². The van der Waals surface area contributed by atoms with E-state index in [4.69, 9.17) is 0 Å². The third-order valence-corrected chi connectivity index (χ3v) is 5.92. The zero-order valence-corrected chi connectivity index (χ0v) is 17.0. The van der Waals surface area contributed by atoms with Crippen LogP contribution in [0.4, 0.5) is 11.4 Å². The molecule has 2 aromatic carbocycles. The van der Waals surface area contributed by atoms with Gasteiger partial charge in [-0.05, 0) is 67.9 Å². The van der Waals surface area contributed by atoms with Gasteiger partial charge in [-0.3, -0.25) is 19.8 Å². The molecule has 1 heterocycles. The highest BCUT2D eigenvalue weighted by atomic mass is 32.2. The standard InChI is InChI=1S/C21H25N3O3S/c1-15-9-11-23(12-10-15)14-16-3-6-18(7-4-16)22-21(25)17-5-8-20(28-2)19(13-17)24(26)27/h3-8,13,15H,9-12,14H2,1-2H3,(H,22,25). The molecule has 0 aliphatic carbocycles. The van der Waals surface area contributed by atoms with Gasteiger partial charge in [0.2, 0.25) is 0 Å². The molecule has 0 spiro atoms. The number of rotatable bonds is 6. The number of amides is 1. The van der Waals surface area contributed by atoms with Crippen molar-refractivity contribution in [3.63, 3.8) is 0 Å². The second-order valence-corrected chi connectivity index (χ2v) is 8.10. The first-order valence-corrected chi connectivity index (χ1v) is 10.6. The van der Waals surface area contributed by atoms with Crippen LogP contribution in [0.3, 0.4) is 0 Å². The minimum absolute atomic E-state index is 0.0497. The van der Waals surface area contributed by atoms with Crippen molar-refractivity contribution < 1.29 is 9.72 Å². The van der Waals surface area contributed by atoms with Crippen molar-refractivity contribution in [3.05, 3.63) is 63.7 Å². The van der Waals surface area contributed by atoms with E-state index in [0.717, 1.165) is 25.6 Å². The molecule has 0 atom stereocenters. The Morgan fingerprint density at radius 1 is 1.21 bits per heavy atom. The highest BCUT2D eigenvalue weighted by molar-refractivity contribution is 7.98. The average Bonchev–Trinajstić information content (AvgIpc) is 2.70. The SMILES string of the molecule is CSc1ccc(C(=O)Nc2ccc(CN3CCC(C)CC3)cc2)cc1[N+](=O)[O-]. The van der Waals surface area contributed by atoms with Crippen molar-refractivity contribution in [2.75, 3.05) is 24.7 Å². The maximum Gasteiger partial charge on any atom is 0.283 e. The van der Waals surface area contributed by atoms with E-state index in [-0.39, 0.29) is 17.2 Å². The number of nitro groups is 1. The fourth-order valence-corrected chi connectivity index (χ4v) is 3.90. The molecule has 1 aliphatic heterocycles. The summed E-state index contributed by atoms with van der Waals surface area (Å²) < 4.78 is 0. The minimum Gasteiger partial charge on any atom is -0.322 e. The molecule has 3 rings (SSSR count). The number of carbonyl (C=O) groups is 1. The van der Waals surface area contributed by atoms with Crippen LogP contribution in [-0.2, 0) is 6.54 Å². The maximum atomic E-state index is 12.5. The summed E-state index contributed by atoms with van der Waals surface area (Å²) in [5.41, 5.74) is 2.12. The van der Waals surface area contributed by atoms with Crippen molar-refractivity contribution >= 4 is 29.0 Å². The lowest BCUT2D eigenvalue weighted by molar-refractivity contribution is -0.387. The Balaban J connectivity index is 1.63. The van der Waals surface area contributed by atoms with E-state index in [2.05, 4.69) is 17.1 Å².